The van der Waals surface area contributed by atoms with E-state index in [1.807, 2.05) is 24.5 Å². The highest BCUT2D eigenvalue weighted by atomic mass is 35.5. The van der Waals surface area contributed by atoms with Crippen molar-refractivity contribution in [2.24, 2.45) is 0 Å². The van der Waals surface area contributed by atoms with Crippen LogP contribution in [-0.4, -0.2) is 9.55 Å². The molecule has 2 aromatic rings. The van der Waals surface area contributed by atoms with Crippen LogP contribution in [0, 0.1) is 0 Å². The molecule has 0 aliphatic rings. The molecule has 0 atom stereocenters. The maximum Gasteiger partial charge on any atom is 0.0951 e. The summed E-state index contributed by atoms with van der Waals surface area (Å²) in [6.45, 7) is 0.836. The highest BCUT2D eigenvalue weighted by Gasteiger charge is 2.00. The number of rotatable bonds is 3. The van der Waals surface area contributed by atoms with Gasteiger partial charge < -0.3 is 4.57 Å². The maximum absolute atomic E-state index is 5.78. The van der Waals surface area contributed by atoms with Gasteiger partial charge >= 0.3 is 0 Å². The second-order valence-electron chi connectivity index (χ2n) is 3.13. The number of hydrogen-bond donors (Lipinski definition) is 0. The third-order valence-corrected chi connectivity index (χ3v) is 2.41. The fourth-order valence-electron chi connectivity index (χ4n) is 1.38. The van der Waals surface area contributed by atoms with Crippen molar-refractivity contribution in [1.29, 1.82) is 0 Å². The zero-order chi connectivity index (χ0) is 9.80. The number of nitrogens with zero attached hydrogens (tertiary/aromatic N) is 2. The quantitative estimate of drug-likeness (QED) is 0.708. The van der Waals surface area contributed by atoms with Gasteiger partial charge in [0.25, 0.3) is 0 Å². The Morgan fingerprint density at radius 2 is 2.00 bits per heavy atom. The summed E-state index contributed by atoms with van der Waals surface area (Å²) in [5.41, 5.74) is 2.31. The lowest BCUT2D eigenvalue weighted by atomic mass is 10.2. The fraction of sp³-hybridized carbons (Fsp3) is 0.182. The number of benzene rings is 1. The average Bonchev–Trinajstić information content (AvgIpc) is 2.67. The van der Waals surface area contributed by atoms with E-state index in [4.69, 9.17) is 11.6 Å². The molecule has 0 amide bonds. The van der Waals surface area contributed by atoms with Crippen LogP contribution in [0.2, 0.25) is 0 Å². The standard InChI is InChI=1S/C11H11ClN2/c12-6-11-7-13-9-14(11)8-10-4-2-1-3-5-10/h1-5,7,9H,6,8H2/i9+1. The summed E-state index contributed by atoms with van der Waals surface area (Å²) in [6.07, 6.45) is 3.61. The lowest BCUT2D eigenvalue weighted by Crippen LogP contribution is -2.01. The molecule has 0 radical (unpaired) electrons. The molecule has 0 saturated heterocycles. The van der Waals surface area contributed by atoms with E-state index in [0.717, 1.165) is 12.2 Å². The first kappa shape index (κ1) is 9.28. The topological polar surface area (TPSA) is 17.8 Å². The number of alkyl halides is 1. The molecule has 1 heterocycles. The Morgan fingerprint density at radius 3 is 2.71 bits per heavy atom. The van der Waals surface area contributed by atoms with Crippen molar-refractivity contribution in [3.63, 3.8) is 0 Å². The lowest BCUT2D eigenvalue weighted by molar-refractivity contribution is 0.765. The van der Waals surface area contributed by atoms with E-state index < -0.39 is 0 Å². The second-order valence-corrected chi connectivity index (χ2v) is 3.40. The van der Waals surface area contributed by atoms with E-state index in [0.29, 0.717) is 5.88 Å². The highest BCUT2D eigenvalue weighted by molar-refractivity contribution is 6.16. The van der Waals surface area contributed by atoms with Crippen LogP contribution in [0.15, 0.2) is 42.9 Å². The molecule has 0 saturated carbocycles. The van der Waals surface area contributed by atoms with Crippen LogP contribution in [0.4, 0.5) is 0 Å². The summed E-state index contributed by atoms with van der Waals surface area (Å²) in [7, 11) is 0. The van der Waals surface area contributed by atoms with Crippen LogP contribution in [0.3, 0.4) is 0 Å². The van der Waals surface area contributed by atoms with E-state index in [1.54, 1.807) is 6.20 Å². The molecule has 0 unspecified atom stereocenters. The zero-order valence-corrected chi connectivity index (χ0v) is 8.48. The van der Waals surface area contributed by atoms with Crippen molar-refractivity contribution in [1.82, 2.24) is 9.55 Å². The van der Waals surface area contributed by atoms with Gasteiger partial charge in [-0.1, -0.05) is 30.3 Å². The minimum atomic E-state index is 0.507. The molecule has 72 valence electrons. The van der Waals surface area contributed by atoms with Gasteiger partial charge in [0.05, 0.1) is 17.9 Å². The van der Waals surface area contributed by atoms with E-state index in [2.05, 4.69) is 21.7 Å². The first-order valence-corrected chi connectivity index (χ1v) is 5.02. The van der Waals surface area contributed by atoms with Crippen molar-refractivity contribution >= 4 is 11.6 Å². The van der Waals surface area contributed by atoms with Crippen LogP contribution in [0.25, 0.3) is 0 Å². The smallest absolute Gasteiger partial charge is 0.0951 e. The summed E-state index contributed by atoms with van der Waals surface area (Å²) in [5, 5.41) is 0. The van der Waals surface area contributed by atoms with Gasteiger partial charge in [0, 0.05) is 12.7 Å². The van der Waals surface area contributed by atoms with Gasteiger partial charge in [0.1, 0.15) is 0 Å². The number of aromatic nitrogens is 2. The lowest BCUT2D eigenvalue weighted by Gasteiger charge is -2.05. The van der Waals surface area contributed by atoms with Crippen LogP contribution in [0.1, 0.15) is 11.3 Å². The van der Waals surface area contributed by atoms with Crippen molar-refractivity contribution < 1.29 is 0 Å². The third-order valence-electron chi connectivity index (χ3n) is 2.13. The molecule has 2 nitrogen and oxygen atoms in total. The molecule has 1 aromatic heterocycles. The number of hydrogen-bond acceptors (Lipinski definition) is 1. The van der Waals surface area contributed by atoms with Crippen LogP contribution >= 0.6 is 11.6 Å². The third kappa shape index (κ3) is 1.96. The summed E-state index contributed by atoms with van der Waals surface area (Å²) < 4.78 is 2.06. The highest BCUT2D eigenvalue weighted by Crippen LogP contribution is 2.07. The molecule has 0 aliphatic heterocycles. The SMILES string of the molecule is ClCc1cn[13cH]n1Cc1ccccc1. The normalized spacial score (nSPS) is 10.4. The Morgan fingerprint density at radius 1 is 1.21 bits per heavy atom. The predicted molar refractivity (Wildman–Crippen MR) is 57.3 cm³/mol. The molecule has 0 spiro atoms. The zero-order valence-electron chi connectivity index (χ0n) is 7.73. The minimum absolute atomic E-state index is 0.507. The van der Waals surface area contributed by atoms with Crippen molar-refractivity contribution in [2.75, 3.05) is 0 Å². The van der Waals surface area contributed by atoms with Gasteiger partial charge in [-0.3, -0.25) is 0 Å². The molecular weight excluding hydrogens is 197 g/mol. The van der Waals surface area contributed by atoms with Crippen molar-refractivity contribution in [3.8, 4) is 0 Å². The molecule has 0 aliphatic carbocycles. The van der Waals surface area contributed by atoms with Crippen LogP contribution in [0.5, 0.6) is 0 Å². The van der Waals surface area contributed by atoms with Crippen molar-refractivity contribution in [2.45, 2.75) is 12.4 Å². The van der Waals surface area contributed by atoms with Crippen LogP contribution in [-0.2, 0) is 12.4 Å². The molecule has 2 rings (SSSR count). The Bertz CT molecular complexity index is 395. The van der Waals surface area contributed by atoms with E-state index >= 15 is 0 Å². The monoisotopic (exact) mass is 207 g/mol. The Kier molecular flexibility index (Phi) is 2.84. The van der Waals surface area contributed by atoms with Gasteiger partial charge in [-0.2, -0.15) is 0 Å². The molecule has 0 N–H and O–H groups in total. The second kappa shape index (κ2) is 4.29. The molecular formula is C11H11ClN2. The molecule has 0 fully saturated rings. The van der Waals surface area contributed by atoms with Gasteiger partial charge in [-0.25, -0.2) is 4.98 Å². The van der Waals surface area contributed by atoms with Crippen LogP contribution < -0.4 is 0 Å². The Balaban J connectivity index is 2.19. The number of imidazole rings is 1. The molecule has 1 aromatic carbocycles. The van der Waals surface area contributed by atoms with Gasteiger partial charge in [0.15, 0.2) is 0 Å². The largest absolute Gasteiger partial charge is 0.329 e. The number of halogens is 1. The summed E-state index contributed by atoms with van der Waals surface area (Å²) in [6, 6.07) is 10.3. The fourth-order valence-corrected chi connectivity index (χ4v) is 1.60. The molecule has 14 heavy (non-hydrogen) atoms. The Hall–Kier alpha value is -1.28. The summed E-state index contributed by atoms with van der Waals surface area (Å²) >= 11 is 5.78. The van der Waals surface area contributed by atoms with Gasteiger partial charge in [-0.15, -0.1) is 11.6 Å². The van der Waals surface area contributed by atoms with E-state index in [9.17, 15) is 0 Å². The first-order valence-electron chi connectivity index (χ1n) is 4.49. The maximum atomic E-state index is 5.78. The summed E-state index contributed by atoms with van der Waals surface area (Å²) in [5.74, 6) is 0.507. The minimum Gasteiger partial charge on any atom is -0.329 e. The molecule has 0 bridgehead atoms. The molecule has 3 heteroatoms. The van der Waals surface area contributed by atoms with Crippen molar-refractivity contribution in [3.05, 3.63) is 54.1 Å². The van der Waals surface area contributed by atoms with E-state index in [1.165, 1.54) is 5.56 Å². The first-order chi connectivity index (χ1) is 6.90. The average molecular weight is 208 g/mol. The predicted octanol–water partition coefficient (Wildman–Crippen LogP) is 2.67. The Labute approximate surface area is 88.2 Å². The van der Waals surface area contributed by atoms with Gasteiger partial charge in [0.2, 0.25) is 0 Å². The van der Waals surface area contributed by atoms with E-state index in [-0.39, 0.29) is 0 Å². The summed E-state index contributed by atoms with van der Waals surface area (Å²) in [4.78, 5) is 4.07. The van der Waals surface area contributed by atoms with Gasteiger partial charge in [-0.05, 0) is 5.56 Å².